The van der Waals surface area contributed by atoms with E-state index in [1.807, 2.05) is 13.0 Å². The van der Waals surface area contributed by atoms with Gasteiger partial charge in [0.25, 0.3) is 0 Å². The summed E-state index contributed by atoms with van der Waals surface area (Å²) in [6.45, 7) is 8.90. The Morgan fingerprint density at radius 3 is 2.39 bits per heavy atom. The van der Waals surface area contributed by atoms with Gasteiger partial charge in [-0.25, -0.2) is 0 Å². The molecule has 2 aliphatic rings. The molecule has 1 aliphatic heterocycles. The highest BCUT2D eigenvalue weighted by Gasteiger charge is 2.58. The Kier molecular flexibility index (Phi) is 7.44. The Morgan fingerprint density at radius 1 is 1.11 bits per heavy atom. The quantitative estimate of drug-likeness (QED) is 0.386. The minimum absolute atomic E-state index is 0.158. The third-order valence-electron chi connectivity index (χ3n) is 5.47. The predicted octanol–water partition coefficient (Wildman–Crippen LogP) is 4.03. The maximum atomic E-state index is 12.3. The number of cyclic esters (lactones) is 1. The molecule has 156 valence electrons. The highest BCUT2D eigenvalue weighted by molar-refractivity contribution is 5.74. The van der Waals surface area contributed by atoms with Crippen LogP contribution in [0.3, 0.4) is 0 Å². The van der Waals surface area contributed by atoms with Crippen LogP contribution in [0.2, 0.25) is 0 Å². The molecular formula is C22H32O6. The molecule has 2 fully saturated rings. The van der Waals surface area contributed by atoms with E-state index in [1.54, 1.807) is 0 Å². The topological polar surface area (TPSA) is 78.9 Å². The normalized spacial score (nSPS) is 30.0. The number of allylic oxidation sites excluding steroid dienone is 3. The Labute approximate surface area is 167 Å². The summed E-state index contributed by atoms with van der Waals surface area (Å²) in [5.74, 6) is -1.03. The molecule has 1 heterocycles. The van der Waals surface area contributed by atoms with Crippen LogP contribution in [0.25, 0.3) is 0 Å². The van der Waals surface area contributed by atoms with Gasteiger partial charge in [0, 0.05) is 13.8 Å². The molecule has 1 saturated heterocycles. The SMILES string of the molecule is CC(=O)O[C@@H]1CC[C@@H](OC(C)=O)[C@@]2(CC(=O)O[C@@H]2/C=C(\C)CCC=C(C)C)C1. The van der Waals surface area contributed by atoms with E-state index >= 15 is 0 Å². The van der Waals surface area contributed by atoms with Crippen LogP contribution in [0.15, 0.2) is 23.3 Å². The molecule has 0 unspecified atom stereocenters. The standard InChI is InChI=1S/C22H32O6/c1-14(2)7-6-8-15(3)11-20-22(13-21(25)28-20)12-18(26-16(4)23)9-10-19(22)27-17(5)24/h7,11,18-20H,6,8-10,12-13H2,1-5H3/b15-11+/t18-,19-,20-,22+/m1/s1. The smallest absolute Gasteiger partial charge is 0.307 e. The van der Waals surface area contributed by atoms with Crippen LogP contribution in [0.4, 0.5) is 0 Å². The fraction of sp³-hybridized carbons (Fsp3) is 0.682. The molecule has 1 aliphatic carbocycles. The monoisotopic (exact) mass is 392 g/mol. The van der Waals surface area contributed by atoms with Crippen LogP contribution in [-0.2, 0) is 28.6 Å². The summed E-state index contributed by atoms with van der Waals surface area (Å²) in [5, 5.41) is 0. The Morgan fingerprint density at radius 2 is 1.79 bits per heavy atom. The van der Waals surface area contributed by atoms with Crippen molar-refractivity contribution >= 4 is 17.9 Å². The van der Waals surface area contributed by atoms with Crippen molar-refractivity contribution in [2.24, 2.45) is 5.41 Å². The van der Waals surface area contributed by atoms with Gasteiger partial charge in [0.1, 0.15) is 18.3 Å². The second-order valence-electron chi connectivity index (χ2n) is 8.26. The zero-order valence-corrected chi connectivity index (χ0v) is 17.6. The Bertz CT molecular complexity index is 673. The number of hydrogen-bond donors (Lipinski definition) is 0. The first-order valence-corrected chi connectivity index (χ1v) is 9.97. The van der Waals surface area contributed by atoms with Crippen LogP contribution in [0, 0.1) is 5.41 Å². The molecule has 0 amide bonds. The number of ether oxygens (including phenoxy) is 3. The van der Waals surface area contributed by atoms with Crippen molar-refractivity contribution < 1.29 is 28.6 Å². The Balaban J connectivity index is 2.28. The molecule has 1 spiro atoms. The van der Waals surface area contributed by atoms with E-state index in [0.717, 1.165) is 18.4 Å². The third-order valence-corrected chi connectivity index (χ3v) is 5.47. The van der Waals surface area contributed by atoms with Gasteiger partial charge in [-0.15, -0.1) is 0 Å². The number of carbonyl (C=O) groups excluding carboxylic acids is 3. The molecule has 1 saturated carbocycles. The van der Waals surface area contributed by atoms with Gasteiger partial charge in [-0.1, -0.05) is 17.2 Å². The van der Waals surface area contributed by atoms with Gasteiger partial charge >= 0.3 is 17.9 Å². The number of carbonyl (C=O) groups is 3. The molecule has 4 atom stereocenters. The number of hydrogen-bond acceptors (Lipinski definition) is 6. The summed E-state index contributed by atoms with van der Waals surface area (Å²) >= 11 is 0. The first-order chi connectivity index (χ1) is 13.1. The maximum Gasteiger partial charge on any atom is 0.307 e. The summed E-state index contributed by atoms with van der Waals surface area (Å²) in [7, 11) is 0. The molecule has 2 rings (SSSR count). The van der Waals surface area contributed by atoms with Crippen molar-refractivity contribution in [2.75, 3.05) is 0 Å². The second kappa shape index (κ2) is 9.39. The lowest BCUT2D eigenvalue weighted by atomic mass is 9.66. The lowest BCUT2D eigenvalue weighted by Crippen LogP contribution is -2.50. The first-order valence-electron chi connectivity index (χ1n) is 9.97. The molecule has 0 aromatic carbocycles. The zero-order valence-electron chi connectivity index (χ0n) is 17.6. The highest BCUT2D eigenvalue weighted by Crippen LogP contribution is 2.50. The van der Waals surface area contributed by atoms with Crippen molar-refractivity contribution in [1.29, 1.82) is 0 Å². The zero-order chi connectivity index (χ0) is 20.9. The van der Waals surface area contributed by atoms with Gasteiger partial charge in [0.05, 0.1) is 11.8 Å². The maximum absolute atomic E-state index is 12.3. The molecule has 0 radical (unpaired) electrons. The highest BCUT2D eigenvalue weighted by atomic mass is 16.6. The number of esters is 3. The van der Waals surface area contributed by atoms with E-state index in [2.05, 4.69) is 19.9 Å². The lowest BCUT2D eigenvalue weighted by molar-refractivity contribution is -0.172. The summed E-state index contributed by atoms with van der Waals surface area (Å²) in [6, 6.07) is 0. The molecule has 0 aromatic rings. The van der Waals surface area contributed by atoms with Crippen molar-refractivity contribution in [1.82, 2.24) is 0 Å². The van der Waals surface area contributed by atoms with E-state index < -0.39 is 17.6 Å². The van der Waals surface area contributed by atoms with Crippen LogP contribution in [-0.4, -0.2) is 36.2 Å². The van der Waals surface area contributed by atoms with Crippen LogP contribution < -0.4 is 0 Å². The number of rotatable bonds is 6. The molecule has 0 bridgehead atoms. The van der Waals surface area contributed by atoms with Gasteiger partial charge in [-0.05, 0) is 59.0 Å². The minimum Gasteiger partial charge on any atom is -0.463 e. The molecule has 28 heavy (non-hydrogen) atoms. The van der Waals surface area contributed by atoms with Crippen LogP contribution >= 0.6 is 0 Å². The first kappa shape index (κ1) is 22.2. The second-order valence-corrected chi connectivity index (χ2v) is 8.26. The largest absolute Gasteiger partial charge is 0.463 e. The van der Waals surface area contributed by atoms with Crippen LogP contribution in [0.1, 0.15) is 73.1 Å². The van der Waals surface area contributed by atoms with E-state index in [9.17, 15) is 14.4 Å². The Hall–Kier alpha value is -2.11. The van der Waals surface area contributed by atoms with Gasteiger partial charge in [0.2, 0.25) is 0 Å². The van der Waals surface area contributed by atoms with Gasteiger partial charge < -0.3 is 14.2 Å². The van der Waals surface area contributed by atoms with Crippen LogP contribution in [0.5, 0.6) is 0 Å². The fourth-order valence-corrected chi connectivity index (χ4v) is 4.28. The summed E-state index contributed by atoms with van der Waals surface area (Å²) in [4.78, 5) is 35.4. The minimum atomic E-state index is -0.696. The third kappa shape index (κ3) is 5.69. The predicted molar refractivity (Wildman–Crippen MR) is 104 cm³/mol. The van der Waals surface area contributed by atoms with E-state index in [0.29, 0.717) is 19.3 Å². The van der Waals surface area contributed by atoms with Gasteiger partial charge in [0.15, 0.2) is 0 Å². The summed E-state index contributed by atoms with van der Waals surface area (Å²) in [6.07, 6.45) is 6.44. The van der Waals surface area contributed by atoms with E-state index in [-0.39, 0.29) is 30.4 Å². The van der Waals surface area contributed by atoms with Crippen molar-refractivity contribution in [2.45, 2.75) is 91.5 Å². The van der Waals surface area contributed by atoms with E-state index in [1.165, 1.54) is 19.4 Å². The van der Waals surface area contributed by atoms with Crippen molar-refractivity contribution in [3.63, 3.8) is 0 Å². The average Bonchev–Trinajstić information content (AvgIpc) is 2.84. The molecule has 0 N–H and O–H groups in total. The summed E-state index contributed by atoms with van der Waals surface area (Å²) in [5.41, 5.74) is 1.69. The molecular weight excluding hydrogens is 360 g/mol. The molecule has 0 aromatic heterocycles. The summed E-state index contributed by atoms with van der Waals surface area (Å²) < 4.78 is 16.7. The van der Waals surface area contributed by atoms with Gasteiger partial charge in [-0.2, -0.15) is 0 Å². The lowest BCUT2D eigenvalue weighted by Gasteiger charge is -2.44. The average molecular weight is 392 g/mol. The van der Waals surface area contributed by atoms with Crippen molar-refractivity contribution in [3.05, 3.63) is 23.3 Å². The molecule has 6 nitrogen and oxygen atoms in total. The van der Waals surface area contributed by atoms with E-state index in [4.69, 9.17) is 14.2 Å². The molecule has 6 heteroatoms. The van der Waals surface area contributed by atoms with Crippen molar-refractivity contribution in [3.8, 4) is 0 Å². The fourth-order valence-electron chi connectivity index (χ4n) is 4.28. The van der Waals surface area contributed by atoms with Gasteiger partial charge in [-0.3, -0.25) is 14.4 Å².